The molecule has 2 aliphatic heterocycles. The number of nitrogens with zero attached hydrogens (tertiary/aromatic N) is 4. The second-order valence-corrected chi connectivity index (χ2v) is 8.70. The minimum Gasteiger partial charge on any atom is -0.383 e. The maximum Gasteiger partial charge on any atom is 0.234 e. The van der Waals surface area contributed by atoms with Crippen LogP contribution in [0.2, 0.25) is 0 Å². The summed E-state index contributed by atoms with van der Waals surface area (Å²) < 4.78 is 4.97. The number of amides is 1. The number of rotatable bonds is 9. The second kappa shape index (κ2) is 13.0. The molecule has 0 spiro atoms. The summed E-state index contributed by atoms with van der Waals surface area (Å²) in [7, 11) is 3.51. The van der Waals surface area contributed by atoms with E-state index in [0.717, 1.165) is 44.6 Å². The van der Waals surface area contributed by atoms with Gasteiger partial charge in [0.2, 0.25) is 5.91 Å². The van der Waals surface area contributed by atoms with Crippen molar-refractivity contribution in [2.24, 2.45) is 16.8 Å². The van der Waals surface area contributed by atoms with Gasteiger partial charge in [-0.1, -0.05) is 13.8 Å². The Kier molecular flexibility index (Phi) is 10.7. The van der Waals surface area contributed by atoms with Gasteiger partial charge >= 0.3 is 0 Å². The SMILES string of the molecule is CN=C(NCC1CCCN(CC(C)C)C1)N1CCN(CC(=O)NCCOC)CC1. The van der Waals surface area contributed by atoms with Crippen LogP contribution in [0.15, 0.2) is 4.99 Å². The standard InChI is InChI=1S/C21H42N6O2/c1-18(2)15-26-8-5-6-19(16-26)14-24-21(22-3)27-11-9-25(10-12-27)17-20(28)23-7-13-29-4/h18-19H,5-17H2,1-4H3,(H,22,24)(H,23,28). The molecule has 2 aliphatic rings. The summed E-state index contributed by atoms with van der Waals surface area (Å²) in [5, 5.41) is 6.50. The zero-order valence-corrected chi connectivity index (χ0v) is 19.0. The molecule has 0 aromatic rings. The molecule has 0 aromatic carbocycles. The Morgan fingerprint density at radius 3 is 2.55 bits per heavy atom. The fourth-order valence-corrected chi connectivity index (χ4v) is 4.24. The Labute approximate surface area is 177 Å². The summed E-state index contributed by atoms with van der Waals surface area (Å²) in [6, 6.07) is 0. The summed E-state index contributed by atoms with van der Waals surface area (Å²) in [5.74, 6) is 2.49. The lowest BCUT2D eigenvalue weighted by molar-refractivity contribution is -0.122. The second-order valence-electron chi connectivity index (χ2n) is 8.70. The van der Waals surface area contributed by atoms with E-state index < -0.39 is 0 Å². The molecular formula is C21H42N6O2. The maximum atomic E-state index is 12.0. The van der Waals surface area contributed by atoms with Gasteiger partial charge in [-0.15, -0.1) is 0 Å². The van der Waals surface area contributed by atoms with Crippen LogP contribution in [0.3, 0.4) is 0 Å². The van der Waals surface area contributed by atoms with E-state index in [2.05, 4.69) is 44.2 Å². The quantitative estimate of drug-likeness (QED) is 0.324. The minimum absolute atomic E-state index is 0.0706. The first-order valence-electron chi connectivity index (χ1n) is 11.2. The number of hydrogen-bond acceptors (Lipinski definition) is 5. The number of likely N-dealkylation sites (tertiary alicyclic amines) is 1. The van der Waals surface area contributed by atoms with E-state index in [1.807, 2.05) is 7.05 Å². The van der Waals surface area contributed by atoms with Gasteiger partial charge in [-0.25, -0.2) is 0 Å². The highest BCUT2D eigenvalue weighted by atomic mass is 16.5. The first-order chi connectivity index (χ1) is 14.0. The number of carbonyl (C=O) groups is 1. The topological polar surface area (TPSA) is 72.4 Å². The molecule has 168 valence electrons. The van der Waals surface area contributed by atoms with Crippen LogP contribution in [0.1, 0.15) is 26.7 Å². The molecule has 8 nitrogen and oxygen atoms in total. The third kappa shape index (κ3) is 8.88. The first kappa shape index (κ1) is 23.9. The summed E-state index contributed by atoms with van der Waals surface area (Å²) in [5.41, 5.74) is 0. The van der Waals surface area contributed by atoms with Crippen molar-refractivity contribution in [1.29, 1.82) is 0 Å². The molecule has 0 aromatic heterocycles. The number of hydrogen-bond donors (Lipinski definition) is 2. The zero-order valence-electron chi connectivity index (χ0n) is 19.0. The fourth-order valence-electron chi connectivity index (χ4n) is 4.24. The van der Waals surface area contributed by atoms with Crippen LogP contribution in [-0.2, 0) is 9.53 Å². The van der Waals surface area contributed by atoms with Crippen molar-refractivity contribution in [3.63, 3.8) is 0 Å². The summed E-state index contributed by atoms with van der Waals surface area (Å²) in [4.78, 5) is 23.6. The number of piperidine rings is 1. The van der Waals surface area contributed by atoms with Gasteiger partial charge < -0.3 is 25.2 Å². The molecule has 2 saturated heterocycles. The minimum atomic E-state index is 0.0706. The van der Waals surface area contributed by atoms with E-state index in [9.17, 15) is 4.79 Å². The van der Waals surface area contributed by atoms with Crippen molar-refractivity contribution >= 4 is 11.9 Å². The molecule has 0 aliphatic carbocycles. The molecule has 1 atom stereocenters. The van der Waals surface area contributed by atoms with Crippen LogP contribution >= 0.6 is 0 Å². The van der Waals surface area contributed by atoms with E-state index >= 15 is 0 Å². The van der Waals surface area contributed by atoms with Crippen LogP contribution in [0, 0.1) is 11.8 Å². The van der Waals surface area contributed by atoms with E-state index in [1.165, 1.54) is 32.5 Å². The van der Waals surface area contributed by atoms with Crippen molar-refractivity contribution in [3.8, 4) is 0 Å². The van der Waals surface area contributed by atoms with Crippen molar-refractivity contribution < 1.29 is 9.53 Å². The predicted molar refractivity (Wildman–Crippen MR) is 118 cm³/mol. The predicted octanol–water partition coefficient (Wildman–Crippen LogP) is 0.310. The Bertz CT molecular complexity index is 505. The van der Waals surface area contributed by atoms with Crippen molar-refractivity contribution in [1.82, 2.24) is 25.3 Å². The molecule has 1 amide bonds. The smallest absolute Gasteiger partial charge is 0.234 e. The molecule has 0 radical (unpaired) electrons. The number of nitrogens with one attached hydrogen (secondary N) is 2. The zero-order chi connectivity index (χ0) is 21.1. The first-order valence-corrected chi connectivity index (χ1v) is 11.2. The summed E-state index contributed by atoms with van der Waals surface area (Å²) in [6.07, 6.45) is 2.59. The summed E-state index contributed by atoms with van der Waals surface area (Å²) in [6.45, 7) is 14.3. The Morgan fingerprint density at radius 1 is 1.14 bits per heavy atom. The van der Waals surface area contributed by atoms with Gasteiger partial charge in [0.25, 0.3) is 0 Å². The molecule has 0 bridgehead atoms. The van der Waals surface area contributed by atoms with Gasteiger partial charge in [0.05, 0.1) is 13.2 Å². The highest BCUT2D eigenvalue weighted by Crippen LogP contribution is 2.17. The van der Waals surface area contributed by atoms with Gasteiger partial charge in [-0.2, -0.15) is 0 Å². The largest absolute Gasteiger partial charge is 0.383 e. The number of guanidine groups is 1. The molecule has 0 saturated carbocycles. The Morgan fingerprint density at radius 2 is 1.90 bits per heavy atom. The summed E-state index contributed by atoms with van der Waals surface area (Å²) >= 11 is 0. The van der Waals surface area contributed by atoms with E-state index in [-0.39, 0.29) is 5.91 Å². The number of carbonyl (C=O) groups excluding carboxylic acids is 1. The molecule has 1 unspecified atom stereocenters. The average molecular weight is 411 g/mol. The third-order valence-corrected chi connectivity index (χ3v) is 5.65. The monoisotopic (exact) mass is 410 g/mol. The normalized spacial score (nSPS) is 22.2. The van der Waals surface area contributed by atoms with Crippen molar-refractivity contribution in [3.05, 3.63) is 0 Å². The van der Waals surface area contributed by atoms with Crippen LogP contribution in [0.25, 0.3) is 0 Å². The van der Waals surface area contributed by atoms with Gasteiger partial charge in [-0.3, -0.25) is 14.7 Å². The average Bonchev–Trinajstić information content (AvgIpc) is 2.69. The van der Waals surface area contributed by atoms with Gasteiger partial charge in [0, 0.05) is 66.5 Å². The van der Waals surface area contributed by atoms with E-state index in [4.69, 9.17) is 4.74 Å². The molecule has 8 heteroatoms. The lowest BCUT2D eigenvalue weighted by atomic mass is 9.97. The van der Waals surface area contributed by atoms with Crippen molar-refractivity contribution in [2.75, 3.05) is 86.2 Å². The highest BCUT2D eigenvalue weighted by Gasteiger charge is 2.23. The molecule has 2 N–H and O–H groups in total. The van der Waals surface area contributed by atoms with Crippen LogP contribution in [0.5, 0.6) is 0 Å². The van der Waals surface area contributed by atoms with Crippen LogP contribution in [0.4, 0.5) is 0 Å². The molecule has 2 rings (SSSR count). The maximum absolute atomic E-state index is 12.0. The highest BCUT2D eigenvalue weighted by molar-refractivity contribution is 5.80. The molecular weight excluding hydrogens is 368 g/mol. The van der Waals surface area contributed by atoms with Crippen molar-refractivity contribution in [2.45, 2.75) is 26.7 Å². The molecule has 2 fully saturated rings. The lowest BCUT2D eigenvalue weighted by Gasteiger charge is -2.37. The lowest BCUT2D eigenvalue weighted by Crippen LogP contribution is -2.55. The van der Waals surface area contributed by atoms with Gasteiger partial charge in [0.1, 0.15) is 0 Å². The number of ether oxygens (including phenoxy) is 1. The Hall–Kier alpha value is -1.38. The Balaban J connectivity index is 1.68. The number of piperazine rings is 1. The van der Waals surface area contributed by atoms with E-state index in [1.54, 1.807) is 7.11 Å². The number of methoxy groups -OCH3 is 1. The van der Waals surface area contributed by atoms with Crippen LogP contribution in [-0.4, -0.2) is 113 Å². The molecule has 29 heavy (non-hydrogen) atoms. The van der Waals surface area contributed by atoms with Gasteiger partial charge in [-0.05, 0) is 31.2 Å². The van der Waals surface area contributed by atoms with Gasteiger partial charge in [0.15, 0.2) is 5.96 Å². The number of aliphatic imine (C=N–C) groups is 1. The van der Waals surface area contributed by atoms with Crippen LogP contribution < -0.4 is 10.6 Å². The molecule has 2 heterocycles. The fraction of sp³-hybridized carbons (Fsp3) is 0.905. The third-order valence-electron chi connectivity index (χ3n) is 5.65. The van der Waals surface area contributed by atoms with E-state index in [0.29, 0.717) is 25.6 Å².